The van der Waals surface area contributed by atoms with Crippen molar-refractivity contribution in [2.75, 3.05) is 51.9 Å². The Balaban J connectivity index is 1.66. The number of esters is 2. The molecule has 38 heavy (non-hydrogen) atoms. The van der Waals surface area contributed by atoms with Crippen molar-refractivity contribution in [2.45, 2.75) is 49.9 Å². The topological polar surface area (TPSA) is 103 Å². The summed E-state index contributed by atoms with van der Waals surface area (Å²) >= 11 is 17.3. The molecule has 3 rings (SSSR count). The minimum atomic E-state index is -2.24. The van der Waals surface area contributed by atoms with Gasteiger partial charge in [0.05, 0.1) is 38.2 Å². The van der Waals surface area contributed by atoms with Gasteiger partial charge >= 0.3 is 11.9 Å². The van der Waals surface area contributed by atoms with E-state index in [9.17, 15) is 14.4 Å². The van der Waals surface area contributed by atoms with E-state index in [1.807, 2.05) is 19.9 Å². The van der Waals surface area contributed by atoms with E-state index >= 15 is 0 Å². The molecule has 1 saturated heterocycles. The van der Waals surface area contributed by atoms with E-state index < -0.39 is 15.7 Å². The lowest BCUT2D eigenvalue weighted by Crippen LogP contribution is -2.37. The Labute approximate surface area is 237 Å². The molecule has 1 aromatic carbocycles. The molecule has 9 nitrogen and oxygen atoms in total. The fourth-order valence-corrected chi connectivity index (χ4v) is 4.57. The van der Waals surface area contributed by atoms with Gasteiger partial charge in [0.25, 0.3) is 9.70 Å². The minimum Gasteiger partial charge on any atom is -0.496 e. The van der Waals surface area contributed by atoms with Crippen molar-refractivity contribution in [3.05, 3.63) is 33.9 Å². The molecule has 210 valence electrons. The number of anilines is 1. The van der Waals surface area contributed by atoms with Crippen molar-refractivity contribution in [1.82, 2.24) is 4.90 Å². The number of benzene rings is 1. The summed E-state index contributed by atoms with van der Waals surface area (Å²) in [5, 5.41) is 2.58. The van der Waals surface area contributed by atoms with E-state index in [2.05, 4.69) is 10.2 Å². The first-order chi connectivity index (χ1) is 18.0. The maximum atomic E-state index is 12.5. The van der Waals surface area contributed by atoms with Crippen LogP contribution in [0.3, 0.4) is 0 Å². The van der Waals surface area contributed by atoms with Crippen molar-refractivity contribution < 1.29 is 33.3 Å². The van der Waals surface area contributed by atoms with Crippen LogP contribution in [0.1, 0.15) is 53.2 Å². The number of allylic oxidation sites excluding steroid dienone is 2. The standard InChI is InChI=1S/C26H33Cl3N2O7/c1-16(6-8-20(32)37-12-4-9-31-10-13-36-14-11-31)5-7-18-22(30-25(34)26(27,28)29)21-19(15-38-24(21)33)17(2)23(18)35-3/h5H,4,6-15H2,1-3H3,(H,30,34)/b16-5+. The van der Waals surface area contributed by atoms with Crippen LogP contribution in [-0.2, 0) is 36.8 Å². The molecule has 2 aliphatic heterocycles. The molecule has 0 radical (unpaired) electrons. The van der Waals surface area contributed by atoms with Gasteiger partial charge in [-0.15, -0.1) is 0 Å². The highest BCUT2D eigenvalue weighted by atomic mass is 35.6. The zero-order valence-corrected chi connectivity index (χ0v) is 24.1. The number of ether oxygens (including phenoxy) is 4. The maximum absolute atomic E-state index is 12.5. The number of amides is 1. The van der Waals surface area contributed by atoms with E-state index in [1.54, 1.807) is 0 Å². The zero-order chi connectivity index (χ0) is 27.9. The second-order valence-electron chi connectivity index (χ2n) is 9.18. The van der Waals surface area contributed by atoms with Crippen molar-refractivity contribution in [3.8, 4) is 5.75 Å². The van der Waals surface area contributed by atoms with Gasteiger partial charge in [-0.1, -0.05) is 46.5 Å². The summed E-state index contributed by atoms with van der Waals surface area (Å²) < 4.78 is 19.3. The lowest BCUT2D eigenvalue weighted by Gasteiger charge is -2.26. The van der Waals surface area contributed by atoms with Gasteiger partial charge < -0.3 is 24.3 Å². The van der Waals surface area contributed by atoms with Crippen LogP contribution < -0.4 is 10.1 Å². The number of halogens is 3. The molecule has 0 aromatic heterocycles. The average molecular weight is 592 g/mol. The van der Waals surface area contributed by atoms with Crippen LogP contribution >= 0.6 is 34.8 Å². The smallest absolute Gasteiger partial charge is 0.341 e. The van der Waals surface area contributed by atoms with Crippen molar-refractivity contribution >= 4 is 58.3 Å². The number of carbonyl (C=O) groups excluding carboxylic acids is 3. The van der Waals surface area contributed by atoms with Gasteiger partial charge in [-0.25, -0.2) is 4.79 Å². The molecule has 0 unspecified atom stereocenters. The molecule has 1 amide bonds. The number of hydrogen-bond acceptors (Lipinski definition) is 8. The van der Waals surface area contributed by atoms with Gasteiger partial charge in [0.1, 0.15) is 12.4 Å². The highest BCUT2D eigenvalue weighted by molar-refractivity contribution is 6.76. The summed E-state index contributed by atoms with van der Waals surface area (Å²) in [6.07, 6.45) is 3.71. The maximum Gasteiger partial charge on any atom is 0.341 e. The monoisotopic (exact) mass is 590 g/mol. The van der Waals surface area contributed by atoms with Crippen LogP contribution in [0, 0.1) is 6.92 Å². The summed E-state index contributed by atoms with van der Waals surface area (Å²) in [7, 11) is 1.50. The van der Waals surface area contributed by atoms with E-state index in [-0.39, 0.29) is 30.2 Å². The van der Waals surface area contributed by atoms with Crippen molar-refractivity contribution in [2.24, 2.45) is 0 Å². The van der Waals surface area contributed by atoms with Gasteiger partial charge in [-0.2, -0.15) is 0 Å². The van der Waals surface area contributed by atoms with Crippen LogP contribution in [-0.4, -0.2) is 73.1 Å². The predicted octanol–water partition coefficient (Wildman–Crippen LogP) is 4.52. The Kier molecular flexibility index (Phi) is 11.1. The van der Waals surface area contributed by atoms with Gasteiger partial charge in [-0.3, -0.25) is 14.5 Å². The minimum absolute atomic E-state index is 0.0523. The molecule has 12 heteroatoms. The second kappa shape index (κ2) is 13.8. The lowest BCUT2D eigenvalue weighted by molar-refractivity contribution is -0.143. The number of carbonyl (C=O) groups is 3. The molecular weight excluding hydrogens is 559 g/mol. The first-order valence-electron chi connectivity index (χ1n) is 12.4. The van der Waals surface area contributed by atoms with Crippen LogP contribution in [0.2, 0.25) is 0 Å². The fraction of sp³-hybridized carbons (Fsp3) is 0.577. The van der Waals surface area contributed by atoms with Gasteiger partial charge in [0, 0.05) is 37.2 Å². The Morgan fingerprint density at radius 2 is 1.89 bits per heavy atom. The third kappa shape index (κ3) is 7.99. The Bertz CT molecular complexity index is 1080. The van der Waals surface area contributed by atoms with E-state index in [0.29, 0.717) is 36.3 Å². The number of alkyl halides is 3. The molecule has 0 spiro atoms. The molecule has 1 fully saturated rings. The normalized spacial score (nSPS) is 16.2. The summed E-state index contributed by atoms with van der Waals surface area (Å²) in [6.45, 7) is 8.32. The number of morpholine rings is 1. The lowest BCUT2D eigenvalue weighted by atomic mass is 9.93. The van der Waals surface area contributed by atoms with E-state index in [1.165, 1.54) is 7.11 Å². The van der Waals surface area contributed by atoms with Gasteiger partial charge in [-0.05, 0) is 38.7 Å². The number of hydrogen-bond donors (Lipinski definition) is 1. The Morgan fingerprint density at radius 3 is 2.55 bits per heavy atom. The molecule has 0 aliphatic carbocycles. The molecular formula is C26H33Cl3N2O7. The SMILES string of the molecule is COc1c(C)c2c(c(NC(=O)C(Cl)(Cl)Cl)c1C/C=C(\C)CCC(=O)OCCCN1CCOCC1)C(=O)OC2. The molecule has 2 aliphatic rings. The molecule has 1 aromatic rings. The second-order valence-corrected chi connectivity index (χ2v) is 11.5. The number of fused-ring (bicyclic) bond motifs is 1. The largest absolute Gasteiger partial charge is 0.496 e. The quantitative estimate of drug-likeness (QED) is 0.173. The first kappa shape index (κ1) is 30.5. The number of methoxy groups -OCH3 is 1. The van der Waals surface area contributed by atoms with Crippen LogP contribution in [0.15, 0.2) is 11.6 Å². The molecule has 2 heterocycles. The first-order valence-corrected chi connectivity index (χ1v) is 13.5. The molecule has 0 bridgehead atoms. The van der Waals surface area contributed by atoms with Crippen molar-refractivity contribution in [3.63, 3.8) is 0 Å². The van der Waals surface area contributed by atoms with Crippen LogP contribution in [0.4, 0.5) is 5.69 Å². The average Bonchev–Trinajstić information content (AvgIpc) is 3.27. The molecule has 0 saturated carbocycles. The number of rotatable bonds is 11. The van der Waals surface area contributed by atoms with Crippen molar-refractivity contribution in [1.29, 1.82) is 0 Å². The van der Waals surface area contributed by atoms with E-state index in [4.69, 9.17) is 53.8 Å². The third-order valence-electron chi connectivity index (χ3n) is 6.54. The predicted molar refractivity (Wildman–Crippen MR) is 145 cm³/mol. The molecule has 0 atom stereocenters. The fourth-order valence-electron chi connectivity index (χ4n) is 4.42. The number of nitrogens with one attached hydrogen (secondary N) is 1. The zero-order valence-electron chi connectivity index (χ0n) is 21.8. The summed E-state index contributed by atoms with van der Waals surface area (Å²) in [6, 6.07) is 0. The van der Waals surface area contributed by atoms with Crippen LogP contribution in [0.5, 0.6) is 5.75 Å². The number of nitrogens with zero attached hydrogens (tertiary/aromatic N) is 1. The Hall–Kier alpha value is -2.04. The highest BCUT2D eigenvalue weighted by Gasteiger charge is 2.36. The third-order valence-corrected chi connectivity index (χ3v) is 7.05. The number of cyclic esters (lactones) is 1. The summed E-state index contributed by atoms with van der Waals surface area (Å²) in [5.41, 5.74) is 3.19. The van der Waals surface area contributed by atoms with E-state index in [0.717, 1.165) is 50.4 Å². The summed E-state index contributed by atoms with van der Waals surface area (Å²) in [5.74, 6) is -1.26. The highest BCUT2D eigenvalue weighted by Crippen LogP contribution is 2.42. The van der Waals surface area contributed by atoms with Gasteiger partial charge in [0.15, 0.2) is 0 Å². The summed E-state index contributed by atoms with van der Waals surface area (Å²) in [4.78, 5) is 39.6. The Morgan fingerprint density at radius 1 is 1.18 bits per heavy atom. The van der Waals surface area contributed by atoms with Gasteiger partial charge in [0.2, 0.25) is 0 Å². The molecule has 1 N–H and O–H groups in total. The van der Waals surface area contributed by atoms with Crippen LogP contribution in [0.25, 0.3) is 0 Å².